The number of carboxylic acids is 1. The number of aromatic nitrogens is 2. The van der Waals surface area contributed by atoms with E-state index in [4.69, 9.17) is 28.3 Å². The lowest BCUT2D eigenvalue weighted by atomic mass is 9.73. The summed E-state index contributed by atoms with van der Waals surface area (Å²) in [5.74, 6) is -2.31. The molecule has 4 atom stereocenters. The highest BCUT2D eigenvalue weighted by Crippen LogP contribution is 2.63. The molecule has 2 N–H and O–H groups in total. The molecule has 42 heavy (non-hydrogen) atoms. The molecular formula is C32H31Cl2FN4O3. The van der Waals surface area contributed by atoms with E-state index in [-0.39, 0.29) is 35.9 Å². The number of halogens is 3. The van der Waals surface area contributed by atoms with Crippen molar-refractivity contribution in [3.05, 3.63) is 92.3 Å². The van der Waals surface area contributed by atoms with Crippen LogP contribution in [0.25, 0.3) is 10.9 Å². The van der Waals surface area contributed by atoms with Gasteiger partial charge in [-0.3, -0.25) is 14.4 Å². The summed E-state index contributed by atoms with van der Waals surface area (Å²) in [4.78, 5) is 28.5. The first-order chi connectivity index (χ1) is 19.5. The first-order valence-corrected chi connectivity index (χ1v) is 14.4. The highest BCUT2D eigenvalue weighted by atomic mass is 35.5. The zero-order valence-electron chi connectivity index (χ0n) is 22.6. The van der Waals surface area contributed by atoms with E-state index in [1.54, 1.807) is 37.3 Å². The molecule has 4 aromatic rings. The molecule has 0 saturated carbocycles. The van der Waals surface area contributed by atoms with E-state index in [9.17, 15) is 14.7 Å². The van der Waals surface area contributed by atoms with Crippen LogP contribution in [0.2, 0.25) is 10.0 Å². The molecule has 1 amide bonds. The van der Waals surface area contributed by atoms with Gasteiger partial charge in [-0.1, -0.05) is 62.7 Å². The van der Waals surface area contributed by atoms with E-state index in [0.717, 1.165) is 16.6 Å². The third kappa shape index (κ3) is 3.71. The van der Waals surface area contributed by atoms with Crippen molar-refractivity contribution in [1.29, 1.82) is 0 Å². The molecule has 4 heterocycles. The number of carboxylic acid groups (broad SMARTS) is 1. The Bertz CT molecular complexity index is 1800. The van der Waals surface area contributed by atoms with Crippen LogP contribution >= 0.6 is 23.2 Å². The molecule has 0 aliphatic carbocycles. The molecule has 0 bridgehead atoms. The molecule has 10 heteroatoms. The second-order valence-corrected chi connectivity index (χ2v) is 12.6. The smallest absolute Gasteiger partial charge is 0.336 e. The number of hydrogen-bond donors (Lipinski definition) is 2. The molecule has 7 nitrogen and oxygen atoms in total. The summed E-state index contributed by atoms with van der Waals surface area (Å²) in [6.07, 6.45) is 0.566. The van der Waals surface area contributed by atoms with E-state index in [1.807, 2.05) is 16.8 Å². The van der Waals surface area contributed by atoms with E-state index in [1.165, 1.54) is 6.07 Å². The highest BCUT2D eigenvalue weighted by molar-refractivity contribution is 6.31. The van der Waals surface area contributed by atoms with Crippen LogP contribution in [0.5, 0.6) is 0 Å². The highest BCUT2D eigenvalue weighted by Gasteiger charge is 2.69. The predicted molar refractivity (Wildman–Crippen MR) is 162 cm³/mol. The molecule has 3 aromatic carbocycles. The average molecular weight is 610 g/mol. The number of nitrogens with zero attached hydrogens (tertiary/aromatic N) is 3. The Hall–Kier alpha value is -3.46. The normalized spacial score (nSPS) is 24.2. The van der Waals surface area contributed by atoms with Gasteiger partial charge in [-0.25, -0.2) is 9.18 Å². The summed E-state index contributed by atoms with van der Waals surface area (Å²) in [7, 11) is 0. The van der Waals surface area contributed by atoms with Gasteiger partial charge in [0.1, 0.15) is 11.4 Å². The molecule has 1 saturated heterocycles. The van der Waals surface area contributed by atoms with Crippen molar-refractivity contribution in [2.45, 2.75) is 58.2 Å². The minimum atomic E-state index is -1.25. The van der Waals surface area contributed by atoms with Crippen LogP contribution in [0.1, 0.15) is 66.0 Å². The van der Waals surface area contributed by atoms with E-state index < -0.39 is 29.3 Å². The molecule has 1 fully saturated rings. The SMILES string of the molecule is C.Cc1cc2c3n(nc2cc1C(=O)O)[C@@H]1[C@H](C3)N(CC(C)C)[C@@]2(C(=O)Nc3cc(Cl)ccc32)[C@H]1c1cccc(Cl)c1F. The lowest BCUT2D eigenvalue weighted by Crippen LogP contribution is -2.53. The average Bonchev–Trinajstić information content (AvgIpc) is 3.59. The maximum absolute atomic E-state index is 16.1. The van der Waals surface area contributed by atoms with Gasteiger partial charge < -0.3 is 10.4 Å². The van der Waals surface area contributed by atoms with Crippen molar-refractivity contribution in [3.8, 4) is 0 Å². The monoisotopic (exact) mass is 608 g/mol. The Morgan fingerprint density at radius 2 is 1.98 bits per heavy atom. The number of carbonyl (C=O) groups is 2. The largest absolute Gasteiger partial charge is 0.478 e. The molecule has 0 radical (unpaired) electrons. The molecular weight excluding hydrogens is 578 g/mol. The lowest BCUT2D eigenvalue weighted by Gasteiger charge is -2.40. The summed E-state index contributed by atoms with van der Waals surface area (Å²) < 4.78 is 18.0. The standard InChI is InChI=1S/C31H27Cl2FN4O3.CH4/c1-14(2)13-37-25-12-24-19-9-15(3)18(29(39)40)11-22(19)36-38(24)28(25)26(17-5-4-6-21(33)27(17)34)31(37)20-8-7-16(32)10-23(20)35-30(31)41;/h4-11,14,25-26,28H,12-13H2,1-3H3,(H,35,41)(H,39,40);1H4/t25-,26-,28+,31+;/m0./s1. The van der Waals surface area contributed by atoms with Gasteiger partial charge in [-0.2, -0.15) is 5.10 Å². The number of hydrogen-bond acceptors (Lipinski definition) is 4. The summed E-state index contributed by atoms with van der Waals surface area (Å²) in [6.45, 7) is 6.56. The van der Waals surface area contributed by atoms with Crippen LogP contribution in [0.15, 0.2) is 48.5 Å². The van der Waals surface area contributed by atoms with Crippen molar-refractivity contribution >= 4 is 51.7 Å². The van der Waals surface area contributed by atoms with Gasteiger partial charge in [-0.15, -0.1) is 0 Å². The molecule has 3 aliphatic rings. The quantitative estimate of drug-likeness (QED) is 0.256. The summed E-state index contributed by atoms with van der Waals surface area (Å²) in [5.41, 5.74) is 2.78. The number of aryl methyl sites for hydroxylation is 1. The predicted octanol–water partition coefficient (Wildman–Crippen LogP) is 7.19. The van der Waals surface area contributed by atoms with Crippen molar-refractivity contribution in [2.24, 2.45) is 5.92 Å². The first-order valence-electron chi connectivity index (χ1n) is 13.6. The maximum atomic E-state index is 16.1. The van der Waals surface area contributed by atoms with Crippen LogP contribution in [-0.4, -0.2) is 44.3 Å². The Kier molecular flexibility index (Phi) is 6.68. The second kappa shape index (κ2) is 9.79. The summed E-state index contributed by atoms with van der Waals surface area (Å²) >= 11 is 12.7. The molecule has 1 spiro atoms. The fourth-order valence-corrected chi connectivity index (χ4v) is 7.90. The van der Waals surface area contributed by atoms with Gasteiger partial charge in [0.25, 0.3) is 0 Å². The summed E-state index contributed by atoms with van der Waals surface area (Å²) in [6, 6.07) is 13.1. The third-order valence-corrected chi connectivity index (χ3v) is 9.49. The van der Waals surface area contributed by atoms with Gasteiger partial charge in [0.05, 0.1) is 22.1 Å². The number of benzene rings is 3. The van der Waals surface area contributed by atoms with Crippen LogP contribution in [-0.2, 0) is 16.8 Å². The number of nitrogens with one attached hydrogen (secondary N) is 1. The summed E-state index contributed by atoms with van der Waals surface area (Å²) in [5, 5.41) is 19.1. The van der Waals surface area contributed by atoms with Crippen molar-refractivity contribution in [3.63, 3.8) is 0 Å². The van der Waals surface area contributed by atoms with Crippen LogP contribution in [0.3, 0.4) is 0 Å². The van der Waals surface area contributed by atoms with Gasteiger partial charge in [0, 0.05) is 52.3 Å². The lowest BCUT2D eigenvalue weighted by molar-refractivity contribution is -0.128. The molecule has 1 aromatic heterocycles. The topological polar surface area (TPSA) is 87.5 Å². The van der Waals surface area contributed by atoms with Crippen molar-refractivity contribution < 1.29 is 19.1 Å². The van der Waals surface area contributed by atoms with Gasteiger partial charge in [0.2, 0.25) is 5.91 Å². The second-order valence-electron chi connectivity index (χ2n) is 11.7. The zero-order chi connectivity index (χ0) is 29.0. The van der Waals surface area contributed by atoms with E-state index in [0.29, 0.717) is 40.3 Å². The van der Waals surface area contributed by atoms with Gasteiger partial charge in [0.15, 0.2) is 0 Å². The minimum absolute atomic E-state index is 0. The van der Waals surface area contributed by atoms with Crippen LogP contribution in [0.4, 0.5) is 10.1 Å². The minimum Gasteiger partial charge on any atom is -0.478 e. The van der Waals surface area contributed by atoms with Gasteiger partial charge >= 0.3 is 5.97 Å². The molecule has 218 valence electrons. The van der Waals surface area contributed by atoms with Gasteiger partial charge in [-0.05, 0) is 54.3 Å². The molecule has 3 aliphatic heterocycles. The molecule has 0 unspecified atom stereocenters. The number of anilines is 1. The Morgan fingerprint density at radius 3 is 2.69 bits per heavy atom. The number of amides is 1. The van der Waals surface area contributed by atoms with Crippen LogP contribution < -0.4 is 5.32 Å². The van der Waals surface area contributed by atoms with Crippen LogP contribution in [0, 0.1) is 18.7 Å². The van der Waals surface area contributed by atoms with Crippen molar-refractivity contribution in [2.75, 3.05) is 11.9 Å². The van der Waals surface area contributed by atoms with E-state index >= 15 is 4.39 Å². The number of likely N-dealkylation sites (tertiary alicyclic amines) is 1. The Morgan fingerprint density at radius 1 is 1.21 bits per heavy atom. The first kappa shape index (κ1) is 28.6. The maximum Gasteiger partial charge on any atom is 0.336 e. The molecule has 7 rings (SSSR count). The Labute approximate surface area is 253 Å². The number of aromatic carboxylic acids is 1. The number of rotatable bonds is 4. The van der Waals surface area contributed by atoms with E-state index in [2.05, 4.69) is 24.1 Å². The number of fused-ring (bicyclic) bond motifs is 7. The zero-order valence-corrected chi connectivity index (χ0v) is 24.1. The number of carbonyl (C=O) groups excluding carboxylic acids is 1. The fourth-order valence-electron chi connectivity index (χ4n) is 7.55. The third-order valence-electron chi connectivity index (χ3n) is 8.97. The fraction of sp³-hybridized carbons (Fsp3) is 0.344. The van der Waals surface area contributed by atoms with Crippen molar-refractivity contribution in [1.82, 2.24) is 14.7 Å². The Balaban J connectivity index is 0.00000316.